The minimum absolute atomic E-state index is 0.00833. The number of benzene rings is 3. The molecule has 78 heavy (non-hydrogen) atoms. The fourth-order valence-corrected chi connectivity index (χ4v) is 12.2. The number of ketones is 1. The van der Waals surface area contributed by atoms with Crippen LogP contribution < -0.4 is 20.1 Å². The SMILES string of the molecule is C=C(NCc1ccc(-c2scnc2C)cc1)[C@@H]1C[C@@H](O)CN1C(=O)[C@@H](NC(=O)CN1CCN(CCCOc2ccc(-c3cnc4[nH]cc(C(=O)c5c(F)ccc(NS(=O)(=O)N6CC[C@@H](F)C6)c5F)c4c3)cc2)CC1)C(C)(C)C. The number of carbonyl (C=O) groups excluding carboxylic acids is 3. The number of hydrogen-bond acceptors (Lipinski definition) is 13. The third kappa shape index (κ3) is 12.9. The highest BCUT2D eigenvalue weighted by molar-refractivity contribution is 7.90. The number of amides is 2. The highest BCUT2D eigenvalue weighted by Crippen LogP contribution is 2.33. The van der Waals surface area contributed by atoms with Gasteiger partial charge >= 0.3 is 10.2 Å². The predicted molar refractivity (Wildman–Crippen MR) is 294 cm³/mol. The van der Waals surface area contributed by atoms with E-state index in [0.717, 1.165) is 69.8 Å². The number of nitrogens with one attached hydrogen (secondary N) is 4. The molecule has 3 saturated heterocycles. The second-order valence-corrected chi connectivity index (χ2v) is 23.8. The van der Waals surface area contributed by atoms with E-state index in [2.05, 4.69) is 66.2 Å². The normalized spacial score (nSPS) is 19.0. The van der Waals surface area contributed by atoms with E-state index in [9.17, 15) is 32.3 Å². The van der Waals surface area contributed by atoms with Crippen molar-refractivity contribution in [3.8, 4) is 27.3 Å². The van der Waals surface area contributed by atoms with E-state index in [1.165, 1.54) is 6.20 Å². The van der Waals surface area contributed by atoms with Crippen LogP contribution in [0.15, 0.2) is 96.9 Å². The molecule has 0 spiro atoms. The molecule has 6 aromatic rings. The van der Waals surface area contributed by atoms with Crippen LogP contribution in [0.2, 0.25) is 0 Å². The van der Waals surface area contributed by atoms with E-state index in [1.807, 2.05) is 62.2 Å². The molecule has 22 heteroatoms. The van der Waals surface area contributed by atoms with E-state index in [0.29, 0.717) is 60.7 Å². The van der Waals surface area contributed by atoms with Crippen molar-refractivity contribution in [3.63, 3.8) is 0 Å². The molecule has 5 N–H and O–H groups in total. The minimum Gasteiger partial charge on any atom is -0.494 e. The number of aromatic amines is 1. The number of halogens is 3. The third-order valence-electron chi connectivity index (χ3n) is 14.5. The van der Waals surface area contributed by atoms with E-state index >= 15 is 8.78 Å². The van der Waals surface area contributed by atoms with Gasteiger partial charge in [0.25, 0.3) is 0 Å². The molecule has 3 aromatic carbocycles. The molecule has 2 amide bonds. The summed E-state index contributed by atoms with van der Waals surface area (Å²) in [6.07, 6.45) is 1.90. The summed E-state index contributed by atoms with van der Waals surface area (Å²) in [7, 11) is -4.37. The number of alkyl halides is 1. The number of aliphatic hydroxyl groups excluding tert-OH is 1. The van der Waals surface area contributed by atoms with Crippen LogP contribution in [0, 0.1) is 24.0 Å². The summed E-state index contributed by atoms with van der Waals surface area (Å²) in [6.45, 7) is 16.4. The molecule has 9 rings (SSSR count). The zero-order valence-corrected chi connectivity index (χ0v) is 45.7. The molecule has 3 aromatic heterocycles. The average molecular weight is 1110 g/mol. The number of pyridine rings is 1. The van der Waals surface area contributed by atoms with Crippen LogP contribution in [0.4, 0.5) is 18.9 Å². The van der Waals surface area contributed by atoms with Crippen molar-refractivity contribution in [3.05, 3.63) is 131 Å². The van der Waals surface area contributed by atoms with Gasteiger partial charge in [-0.25, -0.2) is 23.1 Å². The summed E-state index contributed by atoms with van der Waals surface area (Å²) < 4.78 is 79.2. The number of β-amino-alcohol motifs (C(OH)–C–C–N with tert-alkyl or cyclic N) is 1. The number of likely N-dealkylation sites (tertiary alicyclic amines) is 1. The summed E-state index contributed by atoms with van der Waals surface area (Å²) >= 11 is 1.60. The molecule has 6 heterocycles. The van der Waals surface area contributed by atoms with Gasteiger partial charge in [0.2, 0.25) is 17.6 Å². The molecule has 0 bridgehead atoms. The monoisotopic (exact) mass is 1110 g/mol. The zero-order valence-electron chi connectivity index (χ0n) is 44.0. The number of aromatic nitrogens is 3. The minimum atomic E-state index is -4.37. The lowest BCUT2D eigenvalue weighted by Crippen LogP contribution is -2.58. The second kappa shape index (κ2) is 23.7. The fourth-order valence-electron chi connectivity index (χ4n) is 10.1. The molecule has 4 atom stereocenters. The van der Waals surface area contributed by atoms with Crippen molar-refractivity contribution in [1.29, 1.82) is 0 Å². The number of rotatable bonds is 20. The van der Waals surface area contributed by atoms with Crippen LogP contribution in [-0.4, -0.2) is 155 Å². The Hall–Kier alpha value is -6.69. The molecule has 0 unspecified atom stereocenters. The summed E-state index contributed by atoms with van der Waals surface area (Å²) in [4.78, 5) is 60.5. The van der Waals surface area contributed by atoms with E-state index in [1.54, 1.807) is 28.5 Å². The van der Waals surface area contributed by atoms with Crippen LogP contribution in [0.3, 0.4) is 0 Å². The third-order valence-corrected chi connectivity index (χ3v) is 17.0. The Kier molecular flexibility index (Phi) is 17.0. The van der Waals surface area contributed by atoms with Crippen LogP contribution >= 0.6 is 11.3 Å². The van der Waals surface area contributed by atoms with Gasteiger partial charge in [-0.3, -0.25) is 24.0 Å². The molecular weight excluding hydrogens is 1050 g/mol. The number of hydrogen-bond donors (Lipinski definition) is 5. The highest BCUT2D eigenvalue weighted by atomic mass is 32.2. The fraction of sp³-hybridized carbons (Fsp3) is 0.411. The van der Waals surface area contributed by atoms with E-state index < -0.39 is 75.2 Å². The maximum Gasteiger partial charge on any atom is 0.301 e. The molecule has 0 aliphatic carbocycles. The molecular formula is C56H65F3N10O7S2. The number of anilines is 1. The van der Waals surface area contributed by atoms with Crippen LogP contribution in [-0.2, 0) is 26.3 Å². The molecule has 0 radical (unpaired) electrons. The number of piperazine rings is 1. The van der Waals surface area contributed by atoms with Crippen LogP contribution in [0.1, 0.15) is 67.2 Å². The maximum absolute atomic E-state index is 15.8. The topological polar surface area (TPSA) is 205 Å². The van der Waals surface area contributed by atoms with Gasteiger partial charge in [-0.2, -0.15) is 12.7 Å². The van der Waals surface area contributed by atoms with Crippen LogP contribution in [0.25, 0.3) is 32.6 Å². The number of aryl methyl sites for hydroxylation is 1. The van der Waals surface area contributed by atoms with Gasteiger partial charge in [-0.15, -0.1) is 11.3 Å². The predicted octanol–water partition coefficient (Wildman–Crippen LogP) is 7.05. The van der Waals surface area contributed by atoms with Gasteiger partial charge in [0.15, 0.2) is 5.82 Å². The van der Waals surface area contributed by atoms with Crippen molar-refractivity contribution in [1.82, 2.24) is 44.6 Å². The van der Waals surface area contributed by atoms with Crippen molar-refractivity contribution in [2.45, 2.75) is 77.9 Å². The Bertz CT molecular complexity index is 3270. The first-order chi connectivity index (χ1) is 37.2. The van der Waals surface area contributed by atoms with Gasteiger partial charge in [-0.05, 0) is 72.2 Å². The first-order valence-corrected chi connectivity index (χ1v) is 28.3. The summed E-state index contributed by atoms with van der Waals surface area (Å²) in [6, 6.07) is 17.6. The molecule has 3 aliphatic rings. The number of fused-ring (bicyclic) bond motifs is 1. The zero-order chi connectivity index (χ0) is 55.5. The van der Waals surface area contributed by atoms with Gasteiger partial charge in [0.1, 0.15) is 29.4 Å². The number of nitrogens with zero attached hydrogens (tertiary/aromatic N) is 6. The molecule has 17 nitrogen and oxygen atoms in total. The Morgan fingerprint density at radius 2 is 1.67 bits per heavy atom. The van der Waals surface area contributed by atoms with Gasteiger partial charge in [0.05, 0.1) is 52.6 Å². The average Bonchev–Trinajstić information content (AvgIpc) is 4.28. The van der Waals surface area contributed by atoms with Gasteiger partial charge in [-0.1, -0.05) is 63.7 Å². The summed E-state index contributed by atoms with van der Waals surface area (Å²) in [5.74, 6) is -3.48. The number of H-pyrrole nitrogens is 1. The van der Waals surface area contributed by atoms with Crippen molar-refractivity contribution < 1.29 is 45.8 Å². The van der Waals surface area contributed by atoms with Crippen molar-refractivity contribution in [2.75, 3.05) is 70.2 Å². The first kappa shape index (κ1) is 56.0. The molecule has 3 fully saturated rings. The number of aliphatic hydroxyl groups is 1. The lowest BCUT2D eigenvalue weighted by Gasteiger charge is -2.37. The first-order valence-electron chi connectivity index (χ1n) is 26.0. The Morgan fingerprint density at radius 3 is 2.35 bits per heavy atom. The molecule has 414 valence electrons. The van der Waals surface area contributed by atoms with E-state index in [4.69, 9.17) is 4.74 Å². The van der Waals surface area contributed by atoms with E-state index in [-0.39, 0.29) is 43.4 Å². The molecule has 0 saturated carbocycles. The number of ether oxygens (including phenoxy) is 1. The lowest BCUT2D eigenvalue weighted by molar-refractivity contribution is -0.140. The standard InChI is InChI=1S/C56H65F3N10O7S2/c1-34(60-27-36-7-9-38(10-8-36)52-35(2)63-33-77-52)47-26-41(70)31-69(47)55(73)53(56(3,4)5)64-48(71)32-67-22-20-66(21-23-67)18-6-24-76-42-13-11-37(12-14-42)39-25-43-44(29-62-54(43)61-28-39)51(72)49-45(58)15-16-46(50(49)59)65-78(74,75)68-19-17-40(57)30-68/h7-16,25,28-29,33,40-41,47,53,60,65,70H,1,6,17-24,26-27,30-32H2,2-5H3,(H,61,62)(H,64,71)/t40-,41-,47+,53-/m1/s1. The Labute approximate surface area is 456 Å². The highest BCUT2D eigenvalue weighted by Gasteiger charge is 2.43. The van der Waals surface area contributed by atoms with Crippen LogP contribution in [0.5, 0.6) is 5.75 Å². The van der Waals surface area contributed by atoms with Crippen molar-refractivity contribution >= 4 is 55.9 Å². The number of thiazole rings is 1. The summed E-state index contributed by atoms with van der Waals surface area (Å²) in [5.41, 5.74) is 4.97. The maximum atomic E-state index is 15.8. The number of carbonyl (C=O) groups is 3. The Morgan fingerprint density at radius 1 is 0.949 bits per heavy atom. The second-order valence-electron chi connectivity index (χ2n) is 21.2. The van der Waals surface area contributed by atoms with Crippen molar-refractivity contribution in [2.24, 2.45) is 5.41 Å². The lowest BCUT2D eigenvalue weighted by atomic mass is 9.85. The largest absolute Gasteiger partial charge is 0.494 e. The Balaban J connectivity index is 0.718. The summed E-state index contributed by atoms with van der Waals surface area (Å²) in [5, 5.41) is 17.5. The smallest absolute Gasteiger partial charge is 0.301 e. The van der Waals surface area contributed by atoms with Gasteiger partial charge < -0.3 is 35.3 Å². The van der Waals surface area contributed by atoms with Gasteiger partial charge in [0, 0.05) is 99.9 Å². The quantitative estimate of drug-likeness (QED) is 0.0385. The molecule has 3 aliphatic heterocycles.